The van der Waals surface area contributed by atoms with Crippen LogP contribution in [0.15, 0.2) is 36.9 Å². The Morgan fingerprint density at radius 1 is 1.07 bits per heavy atom. The Morgan fingerprint density at radius 3 is 2.44 bits per heavy atom. The van der Waals surface area contributed by atoms with Crippen molar-refractivity contribution in [3.63, 3.8) is 0 Å². The van der Waals surface area contributed by atoms with Gasteiger partial charge >= 0.3 is 6.09 Å². The molecule has 2 bridgehead atoms. The molecule has 5 aliphatic rings. The predicted molar refractivity (Wildman–Crippen MR) is 256 cm³/mol. The molecule has 3 aliphatic heterocycles. The number of carbonyl (C=O) groups is 4. The lowest BCUT2D eigenvalue weighted by Crippen LogP contribution is -2.65. The fourth-order valence-electron chi connectivity index (χ4n) is 10.0. The maximum atomic E-state index is 14.3. The number of hydrogen-bond donors (Lipinski definition) is 4. The van der Waals surface area contributed by atoms with E-state index in [1.54, 1.807) is 21.0 Å². The van der Waals surface area contributed by atoms with Gasteiger partial charge in [0, 0.05) is 56.4 Å². The van der Waals surface area contributed by atoms with E-state index in [2.05, 4.69) is 31.8 Å². The van der Waals surface area contributed by atoms with Gasteiger partial charge in [-0.05, 0) is 88.7 Å². The minimum absolute atomic E-state index is 0.00600. The maximum Gasteiger partial charge on any atom is 0.408 e. The van der Waals surface area contributed by atoms with Gasteiger partial charge < -0.3 is 44.5 Å². The first kappa shape index (κ1) is 51.3. The summed E-state index contributed by atoms with van der Waals surface area (Å²) in [4.78, 5) is 63.6. The van der Waals surface area contributed by atoms with Crippen molar-refractivity contribution in [1.29, 1.82) is 0 Å². The first-order chi connectivity index (χ1) is 32.2. The molecule has 4 heterocycles. The number of alkyl carbamates (subject to hydrolysis) is 1. The van der Waals surface area contributed by atoms with E-state index in [9.17, 15) is 32.7 Å². The molecular formula is C50H74N6O11S. The number of nitrogens with one attached hydrogen (secondary N) is 3. The zero-order valence-corrected chi connectivity index (χ0v) is 41.8. The first-order valence-electron chi connectivity index (χ1n) is 24.5. The molecule has 2 saturated carbocycles. The topological polar surface area (TPSA) is 215 Å². The van der Waals surface area contributed by atoms with Crippen LogP contribution in [0.4, 0.5) is 4.79 Å². The SMILES string of the molecule is C=C[C@@H](C)C(C)(NC(=O)[C@@H]1CCCN1C(=O)[C@@H](NC(=O)OC1C[C@H]1CCCCCc1c(O)nc2ccccc2c1OC1C2COCC1CN(CCOC)C2)C(C)(C)C)C(=O)NS(=O)(=O)C1(C)CC1. The number of rotatable bonds is 21. The van der Waals surface area contributed by atoms with Crippen LogP contribution in [-0.4, -0.2) is 140 Å². The molecule has 0 spiro atoms. The van der Waals surface area contributed by atoms with Gasteiger partial charge in [0.05, 0.1) is 35.6 Å². The second kappa shape index (κ2) is 20.8. The van der Waals surface area contributed by atoms with Gasteiger partial charge in [0.2, 0.25) is 27.7 Å². The van der Waals surface area contributed by atoms with E-state index < -0.39 is 67.5 Å². The second-order valence-electron chi connectivity index (χ2n) is 21.4. The van der Waals surface area contributed by atoms with Gasteiger partial charge in [-0.1, -0.05) is 58.7 Å². The summed E-state index contributed by atoms with van der Waals surface area (Å²) >= 11 is 0. The van der Waals surface area contributed by atoms with Gasteiger partial charge in [-0.2, -0.15) is 0 Å². The van der Waals surface area contributed by atoms with E-state index in [1.165, 1.54) is 17.9 Å². The second-order valence-corrected chi connectivity index (χ2v) is 23.6. The summed E-state index contributed by atoms with van der Waals surface area (Å²) in [5.41, 5.74) is -1.03. The number of ether oxygens (including phenoxy) is 4. The Morgan fingerprint density at radius 2 is 1.78 bits per heavy atom. The summed E-state index contributed by atoms with van der Waals surface area (Å²) in [5, 5.41) is 17.7. The van der Waals surface area contributed by atoms with E-state index in [4.69, 9.17) is 18.9 Å². The average Bonchev–Trinajstić information content (AvgIpc) is 4.17. The van der Waals surface area contributed by atoms with Crippen LogP contribution < -0.4 is 20.1 Å². The van der Waals surface area contributed by atoms with E-state index in [0.29, 0.717) is 63.2 Å². The molecule has 7 rings (SSSR count). The van der Waals surface area contributed by atoms with Crippen LogP contribution in [0.2, 0.25) is 0 Å². The van der Waals surface area contributed by atoms with E-state index in [-0.39, 0.29) is 42.4 Å². The van der Waals surface area contributed by atoms with E-state index >= 15 is 0 Å². The average molecular weight is 967 g/mol. The van der Waals surface area contributed by atoms with Crippen LogP contribution in [0.5, 0.6) is 11.6 Å². The molecule has 2 aromatic rings. The van der Waals surface area contributed by atoms with Crippen molar-refractivity contribution in [2.24, 2.45) is 29.1 Å². The van der Waals surface area contributed by atoms with Crippen molar-refractivity contribution in [3.05, 3.63) is 42.5 Å². The molecular weight excluding hydrogens is 893 g/mol. The van der Waals surface area contributed by atoms with Crippen LogP contribution in [0.25, 0.3) is 10.9 Å². The molecule has 4 amide bonds. The van der Waals surface area contributed by atoms with Gasteiger partial charge in [0.25, 0.3) is 5.91 Å². The number of amides is 4. The number of pyridine rings is 1. The third-order valence-corrected chi connectivity index (χ3v) is 17.3. The van der Waals surface area contributed by atoms with Crippen molar-refractivity contribution in [2.45, 2.75) is 140 Å². The molecule has 5 fully saturated rings. The molecule has 18 heteroatoms. The largest absolute Gasteiger partial charge is 0.493 e. The number of fused-ring (bicyclic) bond motifs is 3. The zero-order chi connectivity index (χ0) is 49.2. The van der Waals surface area contributed by atoms with Crippen molar-refractivity contribution in [3.8, 4) is 11.6 Å². The number of nitrogens with zero attached hydrogens (tertiary/aromatic N) is 3. The Hall–Kier alpha value is -4.52. The Labute approximate surface area is 401 Å². The molecule has 1 aromatic heterocycles. The third kappa shape index (κ3) is 11.4. The minimum atomic E-state index is -3.99. The lowest BCUT2D eigenvalue weighted by molar-refractivity contribution is -0.143. The molecule has 17 nitrogen and oxygen atoms in total. The number of benzene rings is 1. The number of piperidine rings is 1. The van der Waals surface area contributed by atoms with Gasteiger partial charge in [0.15, 0.2) is 0 Å². The lowest BCUT2D eigenvalue weighted by atomic mass is 9.84. The van der Waals surface area contributed by atoms with Crippen LogP contribution in [0.1, 0.15) is 105 Å². The molecule has 3 saturated heterocycles. The number of methoxy groups -OCH3 is 1. The predicted octanol–water partition coefficient (Wildman–Crippen LogP) is 5.23. The van der Waals surface area contributed by atoms with Gasteiger partial charge in [0.1, 0.15) is 35.6 Å². The van der Waals surface area contributed by atoms with Crippen LogP contribution in [0, 0.1) is 29.1 Å². The summed E-state index contributed by atoms with van der Waals surface area (Å²) in [5.74, 6) is -1.33. The zero-order valence-electron chi connectivity index (χ0n) is 41.0. The highest BCUT2D eigenvalue weighted by Gasteiger charge is 2.53. The van der Waals surface area contributed by atoms with Crippen molar-refractivity contribution in [2.75, 3.05) is 53.1 Å². The Balaban J connectivity index is 0.903. The van der Waals surface area contributed by atoms with Crippen molar-refractivity contribution in [1.82, 2.24) is 30.1 Å². The number of carbonyl (C=O) groups excluding carboxylic acids is 4. The molecule has 68 heavy (non-hydrogen) atoms. The maximum absolute atomic E-state index is 14.3. The smallest absolute Gasteiger partial charge is 0.408 e. The fourth-order valence-corrected chi connectivity index (χ4v) is 11.3. The van der Waals surface area contributed by atoms with Gasteiger partial charge in [-0.25, -0.2) is 18.2 Å². The molecule has 8 atom stereocenters. The van der Waals surface area contributed by atoms with Crippen LogP contribution in [-0.2, 0) is 45.0 Å². The fraction of sp³-hybridized carbons (Fsp3) is 0.700. The number of aromatic nitrogens is 1. The number of aromatic hydroxyl groups is 1. The summed E-state index contributed by atoms with van der Waals surface area (Å²) < 4.78 is 51.2. The lowest BCUT2D eigenvalue weighted by Gasteiger charge is -2.46. The first-order valence-corrected chi connectivity index (χ1v) is 26.0. The summed E-state index contributed by atoms with van der Waals surface area (Å²) in [6, 6.07) is 5.80. The van der Waals surface area contributed by atoms with E-state index in [0.717, 1.165) is 62.7 Å². The van der Waals surface area contributed by atoms with Crippen LogP contribution >= 0.6 is 0 Å². The molecule has 0 radical (unpaired) electrons. The molecule has 4 N–H and O–H groups in total. The van der Waals surface area contributed by atoms with Crippen molar-refractivity contribution >= 4 is 44.7 Å². The summed E-state index contributed by atoms with van der Waals surface area (Å²) in [7, 11) is -2.27. The standard InChI is InChI=1S/C50H74N6O11S/c1-9-31(2)50(7,46(60)54-68(62,63)49(6)21-22-49)53-44(58)38-20-15-23-56(38)45(59)42(48(3,4)5)52-47(61)66-39-26-32(39)16-11-10-12-18-36-41(35-17-13-14-19-37(35)51-43(36)57)67-40-33-27-55(24-25-64-8)28-34(40)30-65-29-33/h9,13-14,17,19,31-34,38-40,42H,1,10-12,15-16,18,20-30H2,2-8H3,(H,51,57)(H,52,61)(H,53,58)(H,54,60)/t31-,32-,33?,34?,38+,39?,40?,42-,50?/m1/s1. The summed E-state index contributed by atoms with van der Waals surface area (Å²) in [6.07, 6.45) is 6.89. The van der Waals surface area contributed by atoms with Crippen LogP contribution in [0.3, 0.4) is 0 Å². The minimum Gasteiger partial charge on any atom is -0.493 e. The number of para-hydroxylation sites is 1. The number of likely N-dealkylation sites (tertiary alicyclic amines) is 2. The number of unbranched alkanes of at least 4 members (excludes halogenated alkanes) is 2. The summed E-state index contributed by atoms with van der Waals surface area (Å²) in [6.45, 7) is 18.7. The third-order valence-electron chi connectivity index (χ3n) is 15.1. The Kier molecular flexibility index (Phi) is 15.7. The number of hydrogen-bond acceptors (Lipinski definition) is 13. The molecule has 4 unspecified atom stereocenters. The van der Waals surface area contributed by atoms with Gasteiger partial charge in [-0.3, -0.25) is 19.1 Å². The number of sulfonamides is 1. The highest BCUT2D eigenvalue weighted by atomic mass is 32.2. The monoisotopic (exact) mass is 967 g/mol. The highest BCUT2D eigenvalue weighted by molar-refractivity contribution is 7.91. The molecule has 1 aromatic carbocycles. The quantitative estimate of drug-likeness (QED) is 0.0933. The van der Waals surface area contributed by atoms with Gasteiger partial charge in [-0.15, -0.1) is 6.58 Å². The normalized spacial score (nSPS) is 26.2. The molecule has 376 valence electrons. The van der Waals surface area contributed by atoms with Crippen molar-refractivity contribution < 1.29 is 51.6 Å². The molecule has 2 aliphatic carbocycles. The Bertz CT molecular complexity index is 2290. The highest BCUT2D eigenvalue weighted by Crippen LogP contribution is 2.43. The van der Waals surface area contributed by atoms with E-state index in [1.807, 2.05) is 45.0 Å².